The van der Waals surface area contributed by atoms with Crippen LogP contribution in [0.1, 0.15) is 11.1 Å². The van der Waals surface area contributed by atoms with Crippen LogP contribution in [0.15, 0.2) is 71.6 Å². The van der Waals surface area contributed by atoms with E-state index < -0.39 is 0 Å². The quantitative estimate of drug-likeness (QED) is 0.587. The molecule has 1 N–H and O–H groups in total. The second-order valence-corrected chi connectivity index (χ2v) is 8.94. The fraction of sp³-hybridized carbons (Fsp3) is 0.190. The molecular weight excluding hydrogens is 362 g/mol. The molecule has 0 spiro atoms. The van der Waals surface area contributed by atoms with Crippen LogP contribution in [0.3, 0.4) is 0 Å². The summed E-state index contributed by atoms with van der Waals surface area (Å²) in [5, 5.41) is 6.12. The summed E-state index contributed by atoms with van der Waals surface area (Å²) in [6, 6.07) is 24.2. The first kappa shape index (κ1) is 17.0. The van der Waals surface area contributed by atoms with Crippen molar-refractivity contribution in [2.75, 3.05) is 5.75 Å². The van der Waals surface area contributed by atoms with E-state index in [1.807, 2.05) is 11.8 Å². The molecule has 1 atom stereocenters. The van der Waals surface area contributed by atoms with Crippen molar-refractivity contribution in [3.63, 3.8) is 0 Å². The van der Waals surface area contributed by atoms with Gasteiger partial charge in [-0.15, -0.1) is 11.8 Å². The molecule has 1 unspecified atom stereocenters. The molecule has 0 radical (unpaired) electrons. The molecule has 0 bridgehead atoms. The molecule has 126 valence electrons. The first-order valence-corrected chi connectivity index (χ1v) is 10.8. The van der Waals surface area contributed by atoms with E-state index in [4.69, 9.17) is 12.2 Å². The smallest absolute Gasteiger partial charge is 0.134 e. The van der Waals surface area contributed by atoms with Crippen LogP contribution in [0.2, 0.25) is 0 Å². The summed E-state index contributed by atoms with van der Waals surface area (Å²) in [7, 11) is 0. The molecule has 3 aromatic carbocycles. The van der Waals surface area contributed by atoms with Crippen molar-refractivity contribution in [3.05, 3.63) is 77.9 Å². The molecule has 1 heterocycles. The Balaban J connectivity index is 1.33. The van der Waals surface area contributed by atoms with Crippen molar-refractivity contribution < 1.29 is 0 Å². The van der Waals surface area contributed by atoms with Crippen molar-refractivity contribution in [2.45, 2.75) is 23.1 Å². The Morgan fingerprint density at radius 3 is 2.76 bits per heavy atom. The monoisotopic (exact) mass is 381 g/mol. The summed E-state index contributed by atoms with van der Waals surface area (Å²) in [6.07, 6.45) is 1.06. The zero-order chi connectivity index (χ0) is 17.1. The highest BCUT2D eigenvalue weighted by Gasteiger charge is 2.19. The maximum absolute atomic E-state index is 5.57. The number of thioether (sulfide) groups is 2. The number of rotatable bonds is 3. The van der Waals surface area contributed by atoms with Crippen LogP contribution < -0.4 is 5.32 Å². The Hall–Kier alpha value is -1.49. The minimum Gasteiger partial charge on any atom is -0.367 e. The SMILES string of the molecule is S=C(NC1CSc2ccccc2C1)SCc1ccc2ccccc2c1. The largest absolute Gasteiger partial charge is 0.367 e. The molecular formula is C21H19NS3. The van der Waals surface area contributed by atoms with Crippen LogP contribution in [0.4, 0.5) is 0 Å². The van der Waals surface area contributed by atoms with Gasteiger partial charge in [0.1, 0.15) is 4.32 Å². The summed E-state index contributed by atoms with van der Waals surface area (Å²) >= 11 is 9.22. The van der Waals surface area contributed by atoms with Gasteiger partial charge in [0.15, 0.2) is 0 Å². The zero-order valence-corrected chi connectivity index (χ0v) is 16.2. The van der Waals surface area contributed by atoms with Gasteiger partial charge in [-0.1, -0.05) is 84.6 Å². The minimum atomic E-state index is 0.427. The average Bonchev–Trinajstić information content (AvgIpc) is 2.66. The molecule has 0 saturated heterocycles. The van der Waals surface area contributed by atoms with Gasteiger partial charge in [0.2, 0.25) is 0 Å². The lowest BCUT2D eigenvalue weighted by atomic mass is 10.1. The van der Waals surface area contributed by atoms with Crippen LogP contribution in [0.5, 0.6) is 0 Å². The second-order valence-electron chi connectivity index (χ2n) is 6.22. The Morgan fingerprint density at radius 2 is 1.84 bits per heavy atom. The lowest BCUT2D eigenvalue weighted by Crippen LogP contribution is -2.37. The molecule has 0 saturated carbocycles. The minimum absolute atomic E-state index is 0.427. The van der Waals surface area contributed by atoms with Crippen molar-refractivity contribution in [3.8, 4) is 0 Å². The van der Waals surface area contributed by atoms with Gasteiger partial charge in [-0.05, 0) is 34.4 Å². The Labute approximate surface area is 162 Å². The van der Waals surface area contributed by atoms with Crippen molar-refractivity contribution in [1.29, 1.82) is 0 Å². The van der Waals surface area contributed by atoms with E-state index in [9.17, 15) is 0 Å². The molecule has 4 heteroatoms. The fourth-order valence-electron chi connectivity index (χ4n) is 3.11. The first-order chi connectivity index (χ1) is 12.3. The second kappa shape index (κ2) is 7.81. The number of benzene rings is 3. The number of hydrogen-bond donors (Lipinski definition) is 1. The molecule has 3 aromatic rings. The topological polar surface area (TPSA) is 12.0 Å². The Bertz CT molecular complexity index is 906. The van der Waals surface area contributed by atoms with Gasteiger partial charge in [-0.25, -0.2) is 0 Å². The summed E-state index contributed by atoms with van der Waals surface area (Å²) in [5.41, 5.74) is 2.75. The van der Waals surface area contributed by atoms with Gasteiger partial charge in [-0.2, -0.15) is 0 Å². The molecule has 0 amide bonds. The molecule has 25 heavy (non-hydrogen) atoms. The van der Waals surface area contributed by atoms with Crippen molar-refractivity contribution in [2.24, 2.45) is 0 Å². The first-order valence-electron chi connectivity index (χ1n) is 8.39. The van der Waals surface area contributed by atoms with Crippen LogP contribution >= 0.6 is 35.7 Å². The van der Waals surface area contributed by atoms with E-state index >= 15 is 0 Å². The predicted octanol–water partition coefficient (Wildman–Crippen LogP) is 5.66. The number of fused-ring (bicyclic) bond motifs is 2. The number of hydrogen-bond acceptors (Lipinski definition) is 3. The number of nitrogens with one attached hydrogen (secondary N) is 1. The van der Waals surface area contributed by atoms with E-state index in [0.717, 1.165) is 22.2 Å². The normalized spacial score (nSPS) is 16.4. The van der Waals surface area contributed by atoms with E-state index in [1.165, 1.54) is 26.8 Å². The standard InChI is InChI=1S/C21H19NS3/c23-21(22-19-12-18-7-3-4-8-20(18)24-14-19)25-13-15-9-10-16-5-1-2-6-17(16)11-15/h1-11,19H,12-14H2,(H,22,23). The highest BCUT2D eigenvalue weighted by atomic mass is 32.2. The highest BCUT2D eigenvalue weighted by Crippen LogP contribution is 2.30. The third-order valence-corrected chi connectivity index (χ3v) is 6.99. The van der Waals surface area contributed by atoms with Gasteiger partial charge in [0.25, 0.3) is 0 Å². The van der Waals surface area contributed by atoms with Gasteiger partial charge in [-0.3, -0.25) is 0 Å². The molecule has 0 fully saturated rings. The lowest BCUT2D eigenvalue weighted by Gasteiger charge is -2.25. The maximum Gasteiger partial charge on any atom is 0.134 e. The average molecular weight is 382 g/mol. The van der Waals surface area contributed by atoms with E-state index in [2.05, 4.69) is 72.0 Å². The van der Waals surface area contributed by atoms with E-state index in [1.54, 1.807) is 11.8 Å². The number of thiocarbonyl (C=S) groups is 1. The van der Waals surface area contributed by atoms with Crippen molar-refractivity contribution >= 4 is 50.8 Å². The van der Waals surface area contributed by atoms with Crippen molar-refractivity contribution in [1.82, 2.24) is 5.32 Å². The molecule has 1 nitrogen and oxygen atoms in total. The van der Waals surface area contributed by atoms with Gasteiger partial charge >= 0.3 is 0 Å². The van der Waals surface area contributed by atoms with Gasteiger partial charge in [0.05, 0.1) is 0 Å². The molecule has 1 aliphatic rings. The summed E-state index contributed by atoms with van der Waals surface area (Å²) < 4.78 is 0.901. The van der Waals surface area contributed by atoms with Crippen LogP contribution in [0, 0.1) is 0 Å². The summed E-state index contributed by atoms with van der Waals surface area (Å²) in [5.74, 6) is 1.99. The summed E-state index contributed by atoms with van der Waals surface area (Å²) in [4.78, 5) is 1.41. The Kier molecular flexibility index (Phi) is 5.30. The van der Waals surface area contributed by atoms with Gasteiger partial charge in [0, 0.05) is 22.4 Å². The van der Waals surface area contributed by atoms with E-state index in [-0.39, 0.29) is 0 Å². The van der Waals surface area contributed by atoms with Gasteiger partial charge < -0.3 is 5.32 Å². The predicted molar refractivity (Wildman–Crippen MR) is 116 cm³/mol. The molecule has 0 aromatic heterocycles. The van der Waals surface area contributed by atoms with Crippen LogP contribution in [-0.4, -0.2) is 16.1 Å². The fourth-order valence-corrected chi connectivity index (χ4v) is 5.27. The van der Waals surface area contributed by atoms with Crippen LogP contribution in [0.25, 0.3) is 10.8 Å². The van der Waals surface area contributed by atoms with E-state index in [0.29, 0.717) is 6.04 Å². The highest BCUT2D eigenvalue weighted by molar-refractivity contribution is 8.22. The maximum atomic E-state index is 5.57. The zero-order valence-electron chi connectivity index (χ0n) is 13.8. The third kappa shape index (κ3) is 4.20. The van der Waals surface area contributed by atoms with Crippen LogP contribution in [-0.2, 0) is 12.2 Å². The molecule has 0 aliphatic carbocycles. The molecule has 1 aliphatic heterocycles. The molecule has 4 rings (SSSR count). The lowest BCUT2D eigenvalue weighted by molar-refractivity contribution is 0.663. The Morgan fingerprint density at radius 1 is 1.04 bits per heavy atom. The third-order valence-electron chi connectivity index (χ3n) is 4.38. The summed E-state index contributed by atoms with van der Waals surface area (Å²) in [6.45, 7) is 0.